The first-order chi connectivity index (χ1) is 10.0. The molecule has 0 amide bonds. The van der Waals surface area contributed by atoms with Crippen molar-refractivity contribution in [1.82, 2.24) is 4.57 Å². The molecular formula is C13H11N3O4S. The number of oxazole rings is 1. The second kappa shape index (κ2) is 5.06. The summed E-state index contributed by atoms with van der Waals surface area (Å²) in [4.78, 5) is 21.6. The van der Waals surface area contributed by atoms with E-state index in [0.717, 1.165) is 22.6 Å². The maximum Gasteiger partial charge on any atom is 0.419 e. The van der Waals surface area contributed by atoms with Crippen LogP contribution in [0.3, 0.4) is 0 Å². The van der Waals surface area contributed by atoms with E-state index in [1.165, 1.54) is 4.57 Å². The first-order valence-electron chi connectivity index (χ1n) is 6.10. The van der Waals surface area contributed by atoms with E-state index in [1.807, 2.05) is 0 Å². The Hall–Kier alpha value is -2.61. The minimum absolute atomic E-state index is 0.125. The number of nitrogens with one attached hydrogen (secondary N) is 1. The van der Waals surface area contributed by atoms with Crippen molar-refractivity contribution in [3.8, 4) is 0 Å². The van der Waals surface area contributed by atoms with Crippen LogP contribution in [-0.2, 0) is 13.6 Å². The van der Waals surface area contributed by atoms with Crippen molar-refractivity contribution in [2.45, 2.75) is 6.54 Å². The zero-order valence-electron chi connectivity index (χ0n) is 11.0. The number of aryl methyl sites for hydroxylation is 1. The maximum absolute atomic E-state index is 11.4. The number of aromatic nitrogens is 1. The summed E-state index contributed by atoms with van der Waals surface area (Å²) in [5.41, 5.74) is 2.88. The molecule has 0 aliphatic carbocycles. The average Bonchev–Trinajstić information content (AvgIpc) is 3.03. The van der Waals surface area contributed by atoms with Gasteiger partial charge < -0.3 is 9.73 Å². The van der Waals surface area contributed by atoms with E-state index in [9.17, 15) is 14.9 Å². The van der Waals surface area contributed by atoms with Crippen molar-refractivity contribution in [1.29, 1.82) is 0 Å². The summed E-state index contributed by atoms with van der Waals surface area (Å²) in [6.07, 6.45) is 0. The van der Waals surface area contributed by atoms with E-state index in [2.05, 4.69) is 5.32 Å². The minimum Gasteiger partial charge on any atom is -0.408 e. The lowest BCUT2D eigenvalue weighted by atomic mass is 10.2. The van der Waals surface area contributed by atoms with Crippen molar-refractivity contribution in [2.24, 2.45) is 7.05 Å². The van der Waals surface area contributed by atoms with Gasteiger partial charge in [-0.3, -0.25) is 14.7 Å². The molecule has 1 aromatic carbocycles. The monoisotopic (exact) mass is 305 g/mol. The third-order valence-electron chi connectivity index (χ3n) is 3.11. The van der Waals surface area contributed by atoms with Crippen molar-refractivity contribution < 1.29 is 9.34 Å². The van der Waals surface area contributed by atoms with Gasteiger partial charge in [-0.1, -0.05) is 11.3 Å². The van der Waals surface area contributed by atoms with Gasteiger partial charge in [0.2, 0.25) is 0 Å². The van der Waals surface area contributed by atoms with E-state index in [-0.39, 0.29) is 5.00 Å². The highest BCUT2D eigenvalue weighted by molar-refractivity contribution is 7.13. The number of rotatable bonds is 4. The molecule has 0 saturated carbocycles. The Balaban J connectivity index is 1.79. The molecule has 0 aliphatic heterocycles. The standard InChI is InChI=1S/C13H11N3O4S/c1-15-10-5-9(2-3-11(10)20-13(15)17)14-6-8-4-12(16(18)19)21-7-8/h2-5,7,14H,6H2,1H3. The van der Waals surface area contributed by atoms with Crippen LogP contribution in [0, 0.1) is 10.1 Å². The van der Waals surface area contributed by atoms with Crippen LogP contribution in [0.4, 0.5) is 10.7 Å². The number of nitrogens with zero attached hydrogens (tertiary/aromatic N) is 2. The van der Waals surface area contributed by atoms with E-state index in [0.29, 0.717) is 17.6 Å². The molecule has 1 N–H and O–H groups in total. The number of hydrogen-bond donors (Lipinski definition) is 1. The largest absolute Gasteiger partial charge is 0.419 e. The van der Waals surface area contributed by atoms with Crippen molar-refractivity contribution in [2.75, 3.05) is 5.32 Å². The van der Waals surface area contributed by atoms with Crippen LogP contribution < -0.4 is 11.1 Å². The molecule has 3 rings (SSSR count). The molecule has 2 aromatic heterocycles. The summed E-state index contributed by atoms with van der Waals surface area (Å²) in [5, 5.41) is 15.7. The molecule has 3 aromatic rings. The highest BCUT2D eigenvalue weighted by Crippen LogP contribution is 2.24. The first kappa shape index (κ1) is 13.4. The Kier molecular flexibility index (Phi) is 3.22. The van der Waals surface area contributed by atoms with Gasteiger partial charge in [0.1, 0.15) is 0 Å². The molecule has 0 fully saturated rings. The lowest BCUT2D eigenvalue weighted by Gasteiger charge is -2.04. The number of hydrogen-bond acceptors (Lipinski definition) is 6. The van der Waals surface area contributed by atoms with Gasteiger partial charge in [-0.15, -0.1) is 0 Å². The normalized spacial score (nSPS) is 10.9. The van der Waals surface area contributed by atoms with Crippen molar-refractivity contribution >= 4 is 33.1 Å². The summed E-state index contributed by atoms with van der Waals surface area (Å²) in [6, 6.07) is 6.87. The Morgan fingerprint density at radius 1 is 1.43 bits per heavy atom. The van der Waals surface area contributed by atoms with Gasteiger partial charge in [0.15, 0.2) is 5.58 Å². The van der Waals surface area contributed by atoms with Crippen LogP contribution in [-0.4, -0.2) is 9.49 Å². The lowest BCUT2D eigenvalue weighted by molar-refractivity contribution is -0.380. The molecule has 7 nitrogen and oxygen atoms in total. The van der Waals surface area contributed by atoms with Crippen molar-refractivity contribution in [3.63, 3.8) is 0 Å². The van der Waals surface area contributed by atoms with Gasteiger partial charge in [0.25, 0.3) is 0 Å². The highest BCUT2D eigenvalue weighted by atomic mass is 32.1. The van der Waals surface area contributed by atoms with Gasteiger partial charge in [-0.2, -0.15) is 0 Å². The first-order valence-corrected chi connectivity index (χ1v) is 6.98. The maximum atomic E-state index is 11.4. The fourth-order valence-electron chi connectivity index (χ4n) is 1.99. The zero-order chi connectivity index (χ0) is 15.0. The lowest BCUT2D eigenvalue weighted by Crippen LogP contribution is -2.08. The van der Waals surface area contributed by atoms with Gasteiger partial charge in [0, 0.05) is 30.7 Å². The van der Waals surface area contributed by atoms with Gasteiger partial charge in [-0.25, -0.2) is 4.79 Å². The predicted octanol–water partition coefficient (Wildman–Crippen LogP) is 2.71. The number of anilines is 1. The Labute approximate surface area is 122 Å². The van der Waals surface area contributed by atoms with E-state index in [1.54, 1.807) is 36.7 Å². The molecule has 0 bridgehead atoms. The molecule has 0 atom stereocenters. The Morgan fingerprint density at radius 2 is 2.24 bits per heavy atom. The quantitative estimate of drug-likeness (QED) is 0.591. The summed E-state index contributed by atoms with van der Waals surface area (Å²) >= 11 is 1.10. The third-order valence-corrected chi connectivity index (χ3v) is 4.04. The smallest absolute Gasteiger partial charge is 0.408 e. The summed E-state index contributed by atoms with van der Waals surface area (Å²) in [7, 11) is 1.64. The van der Waals surface area contributed by atoms with Crippen LogP contribution >= 0.6 is 11.3 Å². The number of fused-ring (bicyclic) bond motifs is 1. The van der Waals surface area contributed by atoms with Crippen LogP contribution in [0.25, 0.3) is 11.1 Å². The van der Waals surface area contributed by atoms with Crippen LogP contribution in [0.2, 0.25) is 0 Å². The van der Waals surface area contributed by atoms with Crippen LogP contribution in [0.15, 0.2) is 38.9 Å². The van der Waals surface area contributed by atoms with Crippen LogP contribution in [0.5, 0.6) is 0 Å². The molecular weight excluding hydrogens is 294 g/mol. The molecule has 0 unspecified atom stereocenters. The molecule has 2 heterocycles. The van der Waals surface area contributed by atoms with Gasteiger partial charge in [0.05, 0.1) is 10.4 Å². The SMILES string of the molecule is Cn1c(=O)oc2ccc(NCc3csc([N+](=O)[O-])c3)cc21. The summed E-state index contributed by atoms with van der Waals surface area (Å²) < 4.78 is 6.48. The molecule has 21 heavy (non-hydrogen) atoms. The zero-order valence-corrected chi connectivity index (χ0v) is 11.8. The summed E-state index contributed by atoms with van der Waals surface area (Å²) in [6.45, 7) is 0.474. The molecule has 8 heteroatoms. The molecule has 0 aliphatic rings. The van der Waals surface area contributed by atoms with E-state index < -0.39 is 10.7 Å². The average molecular weight is 305 g/mol. The topological polar surface area (TPSA) is 90.3 Å². The van der Waals surface area contributed by atoms with Gasteiger partial charge in [-0.05, 0) is 23.8 Å². The molecule has 108 valence electrons. The number of thiophene rings is 1. The van der Waals surface area contributed by atoms with E-state index >= 15 is 0 Å². The summed E-state index contributed by atoms with van der Waals surface area (Å²) in [5.74, 6) is -0.407. The predicted molar refractivity (Wildman–Crippen MR) is 79.8 cm³/mol. The molecule has 0 radical (unpaired) electrons. The van der Waals surface area contributed by atoms with Crippen LogP contribution in [0.1, 0.15) is 5.56 Å². The second-order valence-electron chi connectivity index (χ2n) is 4.51. The third kappa shape index (κ3) is 2.52. The van der Waals surface area contributed by atoms with Crippen molar-refractivity contribution in [3.05, 3.63) is 55.9 Å². The Morgan fingerprint density at radius 3 is 2.95 bits per heavy atom. The minimum atomic E-state index is -0.407. The second-order valence-corrected chi connectivity index (χ2v) is 5.40. The van der Waals surface area contributed by atoms with Gasteiger partial charge >= 0.3 is 10.8 Å². The molecule has 0 spiro atoms. The Bertz CT molecular complexity index is 877. The fourth-order valence-corrected chi connectivity index (χ4v) is 2.72. The number of nitro groups is 1. The number of benzene rings is 1. The molecule has 0 saturated heterocycles. The highest BCUT2D eigenvalue weighted by Gasteiger charge is 2.10. The fraction of sp³-hybridized carbons (Fsp3) is 0.154. The van der Waals surface area contributed by atoms with E-state index in [4.69, 9.17) is 4.42 Å².